The minimum Gasteiger partial charge on any atom is -0.493 e. The van der Waals surface area contributed by atoms with Crippen LogP contribution in [0.2, 0.25) is 5.02 Å². The van der Waals surface area contributed by atoms with Crippen LogP contribution in [0.3, 0.4) is 0 Å². The molecule has 0 fully saturated rings. The third kappa shape index (κ3) is 4.16. The van der Waals surface area contributed by atoms with E-state index in [0.717, 1.165) is 0 Å². The summed E-state index contributed by atoms with van der Waals surface area (Å²) in [4.78, 5) is 10.2. The summed E-state index contributed by atoms with van der Waals surface area (Å²) in [6.45, 7) is 0.243. The van der Waals surface area contributed by atoms with Crippen molar-refractivity contribution in [1.82, 2.24) is 0 Å². The highest BCUT2D eigenvalue weighted by atomic mass is 35.5. The number of hydrogen-bond donors (Lipinski definition) is 1. The number of ether oxygens (including phenoxy) is 1. The lowest BCUT2D eigenvalue weighted by molar-refractivity contribution is -0.137. The second kappa shape index (κ2) is 5.56. The van der Waals surface area contributed by atoms with E-state index in [4.69, 9.17) is 21.4 Å². The molecular weight excluding hydrogens is 223 g/mol. The lowest BCUT2D eigenvalue weighted by atomic mass is 10.3. The first-order valence-corrected chi connectivity index (χ1v) is 4.77. The maximum absolute atomic E-state index is 12.9. The number of rotatable bonds is 5. The maximum atomic E-state index is 12.9. The fraction of sp³-hybridized carbons (Fsp3) is 0.300. The van der Waals surface area contributed by atoms with Crippen molar-refractivity contribution in [3.05, 3.63) is 29.0 Å². The van der Waals surface area contributed by atoms with Crippen LogP contribution in [0.4, 0.5) is 4.39 Å². The summed E-state index contributed by atoms with van der Waals surface area (Å²) < 4.78 is 18.0. The molecule has 0 spiro atoms. The minimum atomic E-state index is -0.874. The van der Waals surface area contributed by atoms with Crippen molar-refractivity contribution in [2.24, 2.45) is 0 Å². The third-order valence-corrected chi connectivity index (χ3v) is 2.00. The van der Waals surface area contributed by atoms with Crippen molar-refractivity contribution in [1.29, 1.82) is 0 Å². The number of carbonyl (C=O) groups is 1. The predicted octanol–water partition coefficient (Wildman–Crippen LogP) is 2.72. The van der Waals surface area contributed by atoms with E-state index in [1.165, 1.54) is 18.2 Å². The van der Waals surface area contributed by atoms with Gasteiger partial charge < -0.3 is 9.84 Å². The summed E-state index contributed by atoms with van der Waals surface area (Å²) in [5.41, 5.74) is 0. The molecule has 1 aromatic carbocycles. The molecule has 3 nitrogen and oxygen atoms in total. The Kier molecular flexibility index (Phi) is 4.37. The average Bonchev–Trinajstić information content (AvgIpc) is 2.18. The fourth-order valence-corrected chi connectivity index (χ4v) is 1.10. The first-order valence-electron chi connectivity index (χ1n) is 4.39. The lowest BCUT2D eigenvalue weighted by Crippen LogP contribution is -2.02. The molecule has 0 radical (unpaired) electrons. The molecule has 15 heavy (non-hydrogen) atoms. The zero-order valence-corrected chi connectivity index (χ0v) is 8.63. The summed E-state index contributed by atoms with van der Waals surface area (Å²) in [5.74, 6) is -1.07. The van der Waals surface area contributed by atoms with Gasteiger partial charge in [-0.3, -0.25) is 4.79 Å². The average molecular weight is 233 g/mol. The summed E-state index contributed by atoms with van der Waals surface area (Å²) in [6.07, 6.45) is 0.426. The van der Waals surface area contributed by atoms with E-state index in [2.05, 4.69) is 0 Å². The lowest BCUT2D eigenvalue weighted by Gasteiger charge is -2.05. The van der Waals surface area contributed by atoms with Crippen LogP contribution in [0.15, 0.2) is 18.2 Å². The van der Waals surface area contributed by atoms with Crippen LogP contribution in [-0.4, -0.2) is 17.7 Å². The molecule has 0 aliphatic rings. The Morgan fingerprint density at radius 3 is 2.87 bits per heavy atom. The molecule has 82 valence electrons. The Hall–Kier alpha value is -1.29. The van der Waals surface area contributed by atoms with E-state index in [-0.39, 0.29) is 18.1 Å². The van der Waals surface area contributed by atoms with Crippen molar-refractivity contribution in [2.75, 3.05) is 6.61 Å². The molecule has 0 unspecified atom stereocenters. The van der Waals surface area contributed by atoms with Crippen molar-refractivity contribution in [3.63, 3.8) is 0 Å². The zero-order valence-electron chi connectivity index (χ0n) is 7.87. The molecule has 0 amide bonds. The van der Waals surface area contributed by atoms with Crippen LogP contribution in [0.1, 0.15) is 12.8 Å². The second-order valence-corrected chi connectivity index (χ2v) is 3.33. The van der Waals surface area contributed by atoms with Gasteiger partial charge in [-0.15, -0.1) is 0 Å². The van der Waals surface area contributed by atoms with Gasteiger partial charge in [0, 0.05) is 12.5 Å². The number of hydrogen-bond acceptors (Lipinski definition) is 2. The Morgan fingerprint density at radius 1 is 1.53 bits per heavy atom. The second-order valence-electron chi connectivity index (χ2n) is 2.92. The van der Waals surface area contributed by atoms with Crippen LogP contribution < -0.4 is 4.74 Å². The Balaban J connectivity index is 2.38. The van der Waals surface area contributed by atoms with Gasteiger partial charge in [-0.05, 0) is 18.6 Å². The van der Waals surface area contributed by atoms with Crippen molar-refractivity contribution < 1.29 is 19.0 Å². The van der Waals surface area contributed by atoms with Crippen molar-refractivity contribution in [2.45, 2.75) is 12.8 Å². The molecule has 0 atom stereocenters. The molecule has 0 saturated heterocycles. The van der Waals surface area contributed by atoms with E-state index in [9.17, 15) is 9.18 Å². The molecule has 0 heterocycles. The molecule has 1 N–H and O–H groups in total. The summed E-state index contributed by atoms with van der Waals surface area (Å²) in [7, 11) is 0. The van der Waals surface area contributed by atoms with E-state index < -0.39 is 11.8 Å². The van der Waals surface area contributed by atoms with Crippen LogP contribution in [0, 0.1) is 5.82 Å². The number of halogens is 2. The fourth-order valence-electron chi connectivity index (χ4n) is 0.980. The molecule has 0 aliphatic heterocycles. The number of aliphatic carboxylic acids is 1. The third-order valence-electron chi connectivity index (χ3n) is 1.69. The van der Waals surface area contributed by atoms with Gasteiger partial charge in [0.2, 0.25) is 0 Å². The van der Waals surface area contributed by atoms with E-state index in [1.54, 1.807) is 0 Å². The molecule has 1 rings (SSSR count). The molecule has 5 heteroatoms. The molecule has 0 bridgehead atoms. The van der Waals surface area contributed by atoms with Crippen molar-refractivity contribution in [3.8, 4) is 5.75 Å². The monoisotopic (exact) mass is 232 g/mol. The highest BCUT2D eigenvalue weighted by molar-refractivity contribution is 6.30. The van der Waals surface area contributed by atoms with E-state index in [0.29, 0.717) is 12.2 Å². The number of benzene rings is 1. The number of carboxylic acids is 1. The van der Waals surface area contributed by atoms with E-state index in [1.807, 2.05) is 0 Å². The van der Waals surface area contributed by atoms with Gasteiger partial charge in [0.25, 0.3) is 0 Å². The first kappa shape index (κ1) is 11.8. The van der Waals surface area contributed by atoms with Gasteiger partial charge in [0.15, 0.2) is 0 Å². The molecular formula is C10H10ClFO3. The van der Waals surface area contributed by atoms with Gasteiger partial charge in [-0.1, -0.05) is 11.6 Å². The normalized spacial score (nSPS) is 10.0. The van der Waals surface area contributed by atoms with Gasteiger partial charge in [-0.2, -0.15) is 0 Å². The maximum Gasteiger partial charge on any atom is 0.303 e. The van der Waals surface area contributed by atoms with Crippen LogP contribution in [0.5, 0.6) is 5.75 Å². The standard InChI is InChI=1S/C10H10ClFO3/c11-8-4-3-7(6-9(8)12)15-5-1-2-10(13)14/h3-4,6H,1-2,5H2,(H,13,14). The largest absolute Gasteiger partial charge is 0.493 e. The Bertz CT molecular complexity index is 355. The van der Waals surface area contributed by atoms with Crippen LogP contribution in [-0.2, 0) is 4.79 Å². The topological polar surface area (TPSA) is 46.5 Å². The number of carboxylic acid groups (broad SMARTS) is 1. The molecule has 0 aromatic heterocycles. The quantitative estimate of drug-likeness (QED) is 0.794. The summed E-state index contributed by atoms with van der Waals surface area (Å²) in [6, 6.07) is 4.10. The highest BCUT2D eigenvalue weighted by Crippen LogP contribution is 2.20. The van der Waals surface area contributed by atoms with Gasteiger partial charge in [-0.25, -0.2) is 4.39 Å². The Morgan fingerprint density at radius 2 is 2.27 bits per heavy atom. The van der Waals surface area contributed by atoms with Gasteiger partial charge >= 0.3 is 5.97 Å². The van der Waals surface area contributed by atoms with Gasteiger partial charge in [0.05, 0.1) is 11.6 Å². The highest BCUT2D eigenvalue weighted by Gasteiger charge is 2.02. The van der Waals surface area contributed by atoms with Crippen LogP contribution in [0.25, 0.3) is 0 Å². The summed E-state index contributed by atoms with van der Waals surface area (Å²) in [5, 5.41) is 8.39. The zero-order chi connectivity index (χ0) is 11.3. The van der Waals surface area contributed by atoms with Gasteiger partial charge in [0.1, 0.15) is 11.6 Å². The van der Waals surface area contributed by atoms with Crippen LogP contribution >= 0.6 is 11.6 Å². The predicted molar refractivity (Wildman–Crippen MR) is 53.8 cm³/mol. The van der Waals surface area contributed by atoms with Crippen molar-refractivity contribution >= 4 is 17.6 Å². The molecule has 0 saturated carbocycles. The summed E-state index contributed by atoms with van der Waals surface area (Å²) >= 11 is 5.48. The molecule has 0 aliphatic carbocycles. The van der Waals surface area contributed by atoms with E-state index >= 15 is 0 Å². The SMILES string of the molecule is O=C(O)CCCOc1ccc(Cl)c(F)c1. The first-order chi connectivity index (χ1) is 7.09. The molecule has 1 aromatic rings. The Labute approximate surface area is 91.4 Å². The minimum absolute atomic E-state index is 0.0351. The smallest absolute Gasteiger partial charge is 0.303 e.